The average Bonchev–Trinajstić information content (AvgIpc) is 2.77. The van der Waals surface area contributed by atoms with E-state index in [4.69, 9.17) is 16.3 Å². The number of hydrogen-bond acceptors (Lipinski definition) is 6. The van der Waals surface area contributed by atoms with Gasteiger partial charge in [0, 0.05) is 10.6 Å². The van der Waals surface area contributed by atoms with E-state index in [2.05, 4.69) is 4.74 Å². The number of nitrogens with zero attached hydrogens (tertiary/aromatic N) is 1. The molecule has 0 N–H and O–H groups in total. The largest absolute Gasteiger partial charge is 0.493 e. The van der Waals surface area contributed by atoms with Crippen LogP contribution in [0.15, 0.2) is 23.1 Å². The molecule has 2 rings (SSSR count). The van der Waals surface area contributed by atoms with Crippen molar-refractivity contribution < 1.29 is 23.9 Å². The molecule has 1 fully saturated rings. The maximum Gasteiger partial charge on any atom is 0.325 e. The van der Waals surface area contributed by atoms with Gasteiger partial charge in [0.2, 0.25) is 0 Å². The van der Waals surface area contributed by atoms with E-state index in [1.807, 2.05) is 6.92 Å². The number of hydrogen-bond donors (Lipinski definition) is 0. The molecule has 8 heteroatoms. The van der Waals surface area contributed by atoms with Crippen LogP contribution in [0.5, 0.6) is 5.75 Å². The van der Waals surface area contributed by atoms with Gasteiger partial charge in [0.25, 0.3) is 11.1 Å². The first-order valence-corrected chi connectivity index (χ1v) is 7.90. The van der Waals surface area contributed by atoms with E-state index in [-0.39, 0.29) is 4.91 Å². The van der Waals surface area contributed by atoms with Crippen LogP contribution in [0, 0.1) is 0 Å². The molecule has 6 nitrogen and oxygen atoms in total. The fourth-order valence-electron chi connectivity index (χ4n) is 1.89. The lowest BCUT2D eigenvalue weighted by molar-refractivity contribution is -0.143. The SMILES string of the molecule is CCOc1ccc(Cl)cc1/C=C1\SC(=O)N(CC(=O)OC)C1=O. The van der Waals surface area contributed by atoms with Crippen molar-refractivity contribution in [3.8, 4) is 5.75 Å². The second kappa shape index (κ2) is 7.52. The third-order valence-corrected chi connectivity index (χ3v) is 4.09. The van der Waals surface area contributed by atoms with Crippen molar-refractivity contribution in [2.45, 2.75) is 6.92 Å². The highest BCUT2D eigenvalue weighted by molar-refractivity contribution is 8.18. The molecule has 0 aliphatic carbocycles. The number of imide groups is 1. The fraction of sp³-hybridized carbons (Fsp3) is 0.267. The molecule has 1 aromatic carbocycles. The van der Waals surface area contributed by atoms with Gasteiger partial charge < -0.3 is 9.47 Å². The normalized spacial score (nSPS) is 16.1. The number of benzene rings is 1. The number of rotatable bonds is 5. The molecular weight excluding hydrogens is 342 g/mol. The Bertz CT molecular complexity index is 688. The first-order chi connectivity index (χ1) is 11.0. The zero-order valence-electron chi connectivity index (χ0n) is 12.5. The fourth-order valence-corrected chi connectivity index (χ4v) is 2.90. The molecule has 2 amide bonds. The van der Waals surface area contributed by atoms with E-state index in [1.165, 1.54) is 13.2 Å². The molecule has 0 saturated carbocycles. The van der Waals surface area contributed by atoms with Crippen molar-refractivity contribution in [3.05, 3.63) is 33.7 Å². The minimum atomic E-state index is -0.661. The maximum atomic E-state index is 12.3. The van der Waals surface area contributed by atoms with Crippen LogP contribution in [0.3, 0.4) is 0 Å². The zero-order chi connectivity index (χ0) is 17.0. The highest BCUT2D eigenvalue weighted by atomic mass is 35.5. The molecule has 0 aromatic heterocycles. The number of carbonyl (C=O) groups excluding carboxylic acids is 3. The lowest BCUT2D eigenvalue weighted by atomic mass is 10.2. The first-order valence-electron chi connectivity index (χ1n) is 6.70. The predicted octanol–water partition coefficient (Wildman–Crippen LogP) is 2.95. The number of thioether (sulfide) groups is 1. The molecule has 1 aromatic rings. The summed E-state index contributed by atoms with van der Waals surface area (Å²) in [6.45, 7) is 1.88. The zero-order valence-corrected chi connectivity index (χ0v) is 14.1. The molecule has 1 aliphatic rings. The highest BCUT2D eigenvalue weighted by Gasteiger charge is 2.36. The van der Waals surface area contributed by atoms with Crippen molar-refractivity contribution in [1.82, 2.24) is 4.90 Å². The molecule has 23 heavy (non-hydrogen) atoms. The highest BCUT2D eigenvalue weighted by Crippen LogP contribution is 2.34. The number of halogens is 1. The molecule has 1 heterocycles. The number of carbonyl (C=O) groups is 3. The molecule has 0 unspecified atom stereocenters. The third-order valence-electron chi connectivity index (χ3n) is 2.95. The quantitative estimate of drug-likeness (QED) is 0.597. The summed E-state index contributed by atoms with van der Waals surface area (Å²) in [5, 5.41) is -0.0415. The lowest BCUT2D eigenvalue weighted by Gasteiger charge is -2.10. The Hall–Kier alpha value is -1.99. The minimum Gasteiger partial charge on any atom is -0.493 e. The summed E-state index contributed by atoms with van der Waals surface area (Å²) < 4.78 is 9.95. The summed E-state index contributed by atoms with van der Waals surface area (Å²) in [6, 6.07) is 5.00. The van der Waals surface area contributed by atoms with Crippen LogP contribution in [-0.4, -0.2) is 42.3 Å². The summed E-state index contributed by atoms with van der Waals surface area (Å²) >= 11 is 6.72. The van der Waals surface area contributed by atoms with Crippen LogP contribution in [0.1, 0.15) is 12.5 Å². The van der Waals surface area contributed by atoms with Gasteiger partial charge in [-0.2, -0.15) is 0 Å². The molecular formula is C15H14ClNO5S. The van der Waals surface area contributed by atoms with Gasteiger partial charge in [-0.25, -0.2) is 0 Å². The standard InChI is InChI=1S/C15H14ClNO5S/c1-3-22-11-5-4-10(16)6-9(11)7-12-14(19)17(15(20)23-12)8-13(18)21-2/h4-7H,3,8H2,1-2H3/b12-7-. The molecule has 0 bridgehead atoms. The van der Waals surface area contributed by atoms with Gasteiger partial charge in [0.15, 0.2) is 0 Å². The van der Waals surface area contributed by atoms with E-state index in [9.17, 15) is 14.4 Å². The van der Waals surface area contributed by atoms with E-state index in [0.717, 1.165) is 16.7 Å². The van der Waals surface area contributed by atoms with Gasteiger partial charge in [-0.1, -0.05) is 11.6 Å². The van der Waals surface area contributed by atoms with Crippen molar-refractivity contribution in [1.29, 1.82) is 0 Å². The van der Waals surface area contributed by atoms with Crippen LogP contribution in [0.25, 0.3) is 6.08 Å². The lowest BCUT2D eigenvalue weighted by Crippen LogP contribution is -2.34. The van der Waals surface area contributed by atoms with Gasteiger partial charge in [0.1, 0.15) is 12.3 Å². The molecule has 1 saturated heterocycles. The van der Waals surface area contributed by atoms with Crippen molar-refractivity contribution in [2.24, 2.45) is 0 Å². The summed E-state index contributed by atoms with van der Waals surface area (Å²) in [5.41, 5.74) is 0.586. The van der Waals surface area contributed by atoms with Crippen LogP contribution >= 0.6 is 23.4 Å². The molecule has 1 aliphatic heterocycles. The number of methoxy groups -OCH3 is 1. The summed E-state index contributed by atoms with van der Waals surface area (Å²) in [6.07, 6.45) is 1.53. The Balaban J connectivity index is 2.30. The number of amides is 2. The van der Waals surface area contributed by atoms with E-state index in [0.29, 0.717) is 22.9 Å². The molecule has 0 spiro atoms. The molecule has 0 radical (unpaired) electrons. The van der Waals surface area contributed by atoms with Gasteiger partial charge in [-0.3, -0.25) is 19.3 Å². The number of esters is 1. The van der Waals surface area contributed by atoms with E-state index < -0.39 is 23.7 Å². The van der Waals surface area contributed by atoms with Crippen LogP contribution in [0.2, 0.25) is 5.02 Å². The van der Waals surface area contributed by atoms with Gasteiger partial charge >= 0.3 is 5.97 Å². The Labute approximate surface area is 142 Å². The van der Waals surface area contributed by atoms with E-state index in [1.54, 1.807) is 18.2 Å². The Morgan fingerprint density at radius 1 is 1.39 bits per heavy atom. The maximum absolute atomic E-state index is 12.3. The Morgan fingerprint density at radius 3 is 2.78 bits per heavy atom. The third kappa shape index (κ3) is 4.05. The first kappa shape index (κ1) is 17.4. The summed E-state index contributed by atoms with van der Waals surface area (Å²) in [7, 11) is 1.19. The second-order valence-corrected chi connectivity index (χ2v) is 5.89. The minimum absolute atomic E-state index is 0.196. The predicted molar refractivity (Wildman–Crippen MR) is 87.3 cm³/mol. The smallest absolute Gasteiger partial charge is 0.325 e. The van der Waals surface area contributed by atoms with Crippen LogP contribution in [-0.2, 0) is 14.3 Å². The number of ether oxygens (including phenoxy) is 2. The van der Waals surface area contributed by atoms with Crippen LogP contribution < -0.4 is 4.74 Å². The Morgan fingerprint density at radius 2 is 2.13 bits per heavy atom. The Kier molecular flexibility index (Phi) is 5.68. The topological polar surface area (TPSA) is 72.9 Å². The van der Waals surface area contributed by atoms with Crippen molar-refractivity contribution >= 4 is 46.6 Å². The van der Waals surface area contributed by atoms with Crippen LogP contribution in [0.4, 0.5) is 4.79 Å². The summed E-state index contributed by atoms with van der Waals surface area (Å²) in [5.74, 6) is -0.657. The van der Waals surface area contributed by atoms with Gasteiger partial charge in [0.05, 0.1) is 18.6 Å². The molecule has 122 valence electrons. The van der Waals surface area contributed by atoms with Gasteiger partial charge in [-0.15, -0.1) is 0 Å². The summed E-state index contributed by atoms with van der Waals surface area (Å²) in [4.78, 5) is 36.4. The van der Waals surface area contributed by atoms with Crippen molar-refractivity contribution in [2.75, 3.05) is 20.3 Å². The van der Waals surface area contributed by atoms with Gasteiger partial charge in [-0.05, 0) is 43.0 Å². The second-order valence-electron chi connectivity index (χ2n) is 4.46. The molecule has 0 atom stereocenters. The van der Waals surface area contributed by atoms with E-state index >= 15 is 0 Å². The van der Waals surface area contributed by atoms with Crippen molar-refractivity contribution in [3.63, 3.8) is 0 Å². The monoisotopic (exact) mass is 355 g/mol. The average molecular weight is 356 g/mol.